The molecule has 32 heavy (non-hydrogen) atoms. The Hall–Kier alpha value is -3.31. The van der Waals surface area contributed by atoms with Crippen LogP contribution in [0.25, 0.3) is 21.0 Å². The zero-order chi connectivity index (χ0) is 22.7. The molecule has 1 aromatic carbocycles. The summed E-state index contributed by atoms with van der Waals surface area (Å²) in [5.74, 6) is -0.128. The molecule has 0 aliphatic heterocycles. The van der Waals surface area contributed by atoms with Crippen LogP contribution in [-0.4, -0.2) is 36.4 Å². The molecule has 0 saturated heterocycles. The number of nitrogens with zero attached hydrogens (tertiary/aromatic N) is 5. The van der Waals surface area contributed by atoms with Crippen molar-refractivity contribution in [2.24, 2.45) is 0 Å². The van der Waals surface area contributed by atoms with Crippen LogP contribution in [0.5, 0.6) is 0 Å². The molecule has 3 aromatic heterocycles. The predicted octanol–water partition coefficient (Wildman–Crippen LogP) is 4.92. The van der Waals surface area contributed by atoms with Crippen LogP contribution in [0.3, 0.4) is 0 Å². The maximum atomic E-state index is 12.9. The van der Waals surface area contributed by atoms with E-state index < -0.39 is 11.9 Å². The van der Waals surface area contributed by atoms with E-state index in [4.69, 9.17) is 5.11 Å². The second-order valence-corrected chi connectivity index (χ2v) is 8.11. The van der Waals surface area contributed by atoms with E-state index in [2.05, 4.69) is 25.4 Å². The maximum Gasteiger partial charge on any atom is 0.433 e. The molecular formula is C21H19F3N6OS. The van der Waals surface area contributed by atoms with Crippen LogP contribution in [0.1, 0.15) is 17.7 Å². The molecule has 0 aliphatic rings. The molecular weight excluding hydrogens is 441 g/mol. The minimum absolute atomic E-state index is 0.103. The van der Waals surface area contributed by atoms with Gasteiger partial charge in [0, 0.05) is 43.0 Å². The predicted molar refractivity (Wildman–Crippen MR) is 116 cm³/mol. The van der Waals surface area contributed by atoms with Gasteiger partial charge in [0.05, 0.1) is 11.1 Å². The molecule has 0 radical (unpaired) electrons. The summed E-state index contributed by atoms with van der Waals surface area (Å²) in [6.45, 7) is 2.62. The van der Waals surface area contributed by atoms with E-state index in [1.54, 1.807) is 23.1 Å². The van der Waals surface area contributed by atoms with Crippen molar-refractivity contribution in [3.05, 3.63) is 60.3 Å². The number of hydrogen-bond acceptors (Lipinski definition) is 7. The van der Waals surface area contributed by atoms with Gasteiger partial charge < -0.3 is 10.4 Å². The lowest BCUT2D eigenvalue weighted by atomic mass is 10.1. The molecule has 0 amide bonds. The first-order valence-corrected chi connectivity index (χ1v) is 10.5. The highest BCUT2D eigenvalue weighted by atomic mass is 32.1. The van der Waals surface area contributed by atoms with Crippen molar-refractivity contribution in [3.63, 3.8) is 0 Å². The van der Waals surface area contributed by atoms with Gasteiger partial charge in [-0.25, -0.2) is 15.0 Å². The minimum Gasteiger partial charge on any atom is -0.396 e. The largest absolute Gasteiger partial charge is 0.433 e. The maximum absolute atomic E-state index is 12.9. The van der Waals surface area contributed by atoms with Crippen LogP contribution < -0.4 is 5.32 Å². The number of rotatable bonds is 7. The number of halogens is 3. The van der Waals surface area contributed by atoms with E-state index in [1.807, 2.05) is 25.3 Å². The average Bonchev–Trinajstić information content (AvgIpc) is 3.41. The Morgan fingerprint density at radius 3 is 2.75 bits per heavy atom. The Morgan fingerprint density at radius 1 is 1.12 bits per heavy atom. The highest BCUT2D eigenvalue weighted by Gasteiger charge is 2.32. The Kier molecular flexibility index (Phi) is 6.19. The molecule has 0 aliphatic carbocycles. The second-order valence-electron chi connectivity index (χ2n) is 7.07. The summed E-state index contributed by atoms with van der Waals surface area (Å²) < 4.78 is 40.5. The SMILES string of the molecule is Cc1cc(Nc2nccc(C(F)(F)F)n2)cc(-c2cnc(-c3cnn(CCCO)c3)s2)c1. The molecule has 4 rings (SSSR count). The number of anilines is 2. The van der Waals surface area contributed by atoms with Gasteiger partial charge >= 0.3 is 6.18 Å². The summed E-state index contributed by atoms with van der Waals surface area (Å²) >= 11 is 1.48. The zero-order valence-electron chi connectivity index (χ0n) is 17.0. The smallest absolute Gasteiger partial charge is 0.396 e. The molecule has 0 saturated carbocycles. The number of alkyl halides is 3. The molecule has 4 aromatic rings. The van der Waals surface area contributed by atoms with Crippen LogP contribution in [0.15, 0.2) is 49.1 Å². The average molecular weight is 460 g/mol. The van der Waals surface area contributed by atoms with Crippen LogP contribution in [0.4, 0.5) is 24.8 Å². The fourth-order valence-electron chi connectivity index (χ4n) is 3.07. The second kappa shape index (κ2) is 9.05. The molecule has 2 N–H and O–H groups in total. The van der Waals surface area contributed by atoms with Crippen molar-refractivity contribution < 1.29 is 18.3 Å². The van der Waals surface area contributed by atoms with Crippen molar-refractivity contribution in [3.8, 4) is 21.0 Å². The molecule has 166 valence electrons. The summed E-state index contributed by atoms with van der Waals surface area (Å²) in [5, 5.41) is 16.9. The Balaban J connectivity index is 1.57. The number of aliphatic hydroxyl groups is 1. The number of aliphatic hydroxyl groups excluding tert-OH is 1. The van der Waals surface area contributed by atoms with Gasteiger partial charge in [-0.1, -0.05) is 6.07 Å². The van der Waals surface area contributed by atoms with Gasteiger partial charge in [-0.05, 0) is 42.7 Å². The summed E-state index contributed by atoms with van der Waals surface area (Å²) in [7, 11) is 0. The molecule has 0 atom stereocenters. The van der Waals surface area contributed by atoms with E-state index in [1.165, 1.54) is 11.3 Å². The van der Waals surface area contributed by atoms with Gasteiger partial charge in [0.25, 0.3) is 0 Å². The van der Waals surface area contributed by atoms with Crippen molar-refractivity contribution in [1.82, 2.24) is 24.7 Å². The third-order valence-corrected chi connectivity index (χ3v) is 5.59. The van der Waals surface area contributed by atoms with Gasteiger partial charge in [0.2, 0.25) is 5.95 Å². The molecule has 3 heterocycles. The third kappa shape index (κ3) is 5.11. The number of nitrogens with one attached hydrogen (secondary N) is 1. The number of benzene rings is 1. The summed E-state index contributed by atoms with van der Waals surface area (Å²) in [4.78, 5) is 12.8. The lowest BCUT2D eigenvalue weighted by Gasteiger charge is -2.10. The first-order chi connectivity index (χ1) is 15.3. The zero-order valence-corrected chi connectivity index (χ0v) is 17.8. The van der Waals surface area contributed by atoms with Gasteiger partial charge in [-0.3, -0.25) is 4.68 Å². The standard InChI is InChI=1S/C21H19F3N6OS/c1-13-7-14(9-16(8-13)28-20-25-4-3-18(29-20)21(22,23)24)17-11-26-19(32-17)15-10-27-30(12-15)5-2-6-31/h3-4,7-12,31H,2,5-6H2,1H3,(H,25,28,29). The number of aryl methyl sites for hydroxylation is 2. The van der Waals surface area contributed by atoms with Crippen molar-refractivity contribution >= 4 is 23.0 Å². The highest BCUT2D eigenvalue weighted by Crippen LogP contribution is 2.34. The van der Waals surface area contributed by atoms with E-state index in [9.17, 15) is 13.2 Å². The molecule has 11 heteroatoms. The van der Waals surface area contributed by atoms with Gasteiger partial charge in [-0.2, -0.15) is 18.3 Å². The minimum atomic E-state index is -4.54. The van der Waals surface area contributed by atoms with E-state index in [0.717, 1.165) is 38.8 Å². The van der Waals surface area contributed by atoms with Crippen molar-refractivity contribution in [2.45, 2.75) is 26.1 Å². The number of hydrogen-bond donors (Lipinski definition) is 2. The Labute approximate surface area is 185 Å². The van der Waals surface area contributed by atoms with Gasteiger partial charge in [-0.15, -0.1) is 11.3 Å². The van der Waals surface area contributed by atoms with Gasteiger partial charge in [0.15, 0.2) is 0 Å². The van der Waals surface area contributed by atoms with Crippen LogP contribution >= 0.6 is 11.3 Å². The van der Waals surface area contributed by atoms with Crippen molar-refractivity contribution in [2.75, 3.05) is 11.9 Å². The highest BCUT2D eigenvalue weighted by molar-refractivity contribution is 7.18. The molecule has 7 nitrogen and oxygen atoms in total. The van der Waals surface area contributed by atoms with Crippen LogP contribution in [0.2, 0.25) is 0 Å². The normalized spacial score (nSPS) is 11.7. The monoisotopic (exact) mass is 460 g/mol. The summed E-state index contributed by atoms with van der Waals surface area (Å²) in [5.41, 5.74) is 2.24. The topological polar surface area (TPSA) is 88.8 Å². The van der Waals surface area contributed by atoms with Crippen LogP contribution in [-0.2, 0) is 12.7 Å². The summed E-state index contributed by atoms with van der Waals surface area (Å²) in [6, 6.07) is 6.43. The van der Waals surface area contributed by atoms with E-state index >= 15 is 0 Å². The quantitative estimate of drug-likeness (QED) is 0.407. The van der Waals surface area contributed by atoms with Crippen LogP contribution in [0, 0.1) is 6.92 Å². The molecule has 0 bridgehead atoms. The third-order valence-electron chi connectivity index (χ3n) is 4.50. The lowest BCUT2D eigenvalue weighted by molar-refractivity contribution is -0.141. The fourth-order valence-corrected chi connectivity index (χ4v) is 3.95. The first-order valence-electron chi connectivity index (χ1n) is 9.70. The molecule has 0 unspecified atom stereocenters. The molecule has 0 spiro atoms. The van der Waals surface area contributed by atoms with Crippen molar-refractivity contribution in [1.29, 1.82) is 0 Å². The number of thiazole rings is 1. The number of aromatic nitrogens is 5. The fraction of sp³-hybridized carbons (Fsp3) is 0.238. The lowest BCUT2D eigenvalue weighted by Crippen LogP contribution is -2.10. The van der Waals surface area contributed by atoms with Gasteiger partial charge in [0.1, 0.15) is 10.7 Å². The summed E-state index contributed by atoms with van der Waals surface area (Å²) in [6.07, 6.45) is 2.52. The first kappa shape index (κ1) is 21.9. The Morgan fingerprint density at radius 2 is 1.97 bits per heavy atom. The Bertz CT molecular complexity index is 1220. The molecule has 0 fully saturated rings. The van der Waals surface area contributed by atoms with E-state index in [0.29, 0.717) is 18.7 Å². The van der Waals surface area contributed by atoms with E-state index in [-0.39, 0.29) is 12.6 Å².